The molecule has 16 heavy (non-hydrogen) atoms. The minimum absolute atomic E-state index is 0.492. The minimum Gasteiger partial charge on any atom is -0.383 e. The van der Waals surface area contributed by atoms with Gasteiger partial charge in [0.1, 0.15) is 0 Å². The summed E-state index contributed by atoms with van der Waals surface area (Å²) in [6.45, 7) is 6.52. The molecule has 2 N–H and O–H groups in total. The van der Waals surface area contributed by atoms with Crippen LogP contribution in [0.25, 0.3) is 0 Å². The van der Waals surface area contributed by atoms with Crippen LogP contribution in [0, 0.1) is 0 Å². The molecule has 1 saturated heterocycles. The summed E-state index contributed by atoms with van der Waals surface area (Å²) in [5.74, 6) is 0.492. The number of anilines is 1. The van der Waals surface area contributed by atoms with Crippen molar-refractivity contribution in [1.29, 1.82) is 0 Å². The van der Waals surface area contributed by atoms with E-state index in [2.05, 4.69) is 35.5 Å². The maximum Gasteiger partial charge on any atom is 0.0449 e. The molecule has 0 bridgehead atoms. The van der Waals surface area contributed by atoms with Gasteiger partial charge in [-0.2, -0.15) is 0 Å². The first-order valence-corrected chi connectivity index (χ1v) is 6.19. The molecule has 0 aromatic carbocycles. The lowest BCUT2D eigenvalue weighted by atomic mass is 10.1. The molecular formula is C13H21N3. The molecule has 0 aliphatic carbocycles. The maximum absolute atomic E-state index is 4.36. The highest BCUT2D eigenvalue weighted by Gasteiger charge is 2.13. The van der Waals surface area contributed by atoms with Gasteiger partial charge < -0.3 is 10.6 Å². The quantitative estimate of drug-likeness (QED) is 0.816. The number of hydrogen-bond acceptors (Lipinski definition) is 3. The summed E-state index contributed by atoms with van der Waals surface area (Å²) < 4.78 is 0. The first-order chi connectivity index (χ1) is 7.75. The third-order valence-corrected chi connectivity index (χ3v) is 3.09. The summed E-state index contributed by atoms with van der Waals surface area (Å²) in [6.07, 6.45) is 4.48. The smallest absolute Gasteiger partial charge is 0.0449 e. The molecule has 1 aliphatic rings. The monoisotopic (exact) mass is 219 g/mol. The van der Waals surface area contributed by atoms with Crippen molar-refractivity contribution in [3.8, 4) is 0 Å². The molecule has 0 amide bonds. The number of aromatic nitrogens is 1. The normalized spacial score (nSPS) is 20.3. The summed E-state index contributed by atoms with van der Waals surface area (Å²) in [5.41, 5.74) is 2.34. The van der Waals surface area contributed by atoms with Crippen molar-refractivity contribution in [3.63, 3.8) is 0 Å². The lowest BCUT2D eigenvalue weighted by Gasteiger charge is -2.13. The largest absolute Gasteiger partial charge is 0.383 e. The van der Waals surface area contributed by atoms with Crippen LogP contribution in [0.5, 0.6) is 0 Å². The Morgan fingerprint density at radius 1 is 1.56 bits per heavy atom. The molecule has 88 valence electrons. The maximum atomic E-state index is 4.36. The van der Waals surface area contributed by atoms with Gasteiger partial charge in [-0.05, 0) is 37.4 Å². The van der Waals surface area contributed by atoms with E-state index in [-0.39, 0.29) is 0 Å². The number of rotatable bonds is 4. The van der Waals surface area contributed by atoms with E-state index in [4.69, 9.17) is 0 Å². The second-order valence-corrected chi connectivity index (χ2v) is 4.80. The third-order valence-electron chi connectivity index (χ3n) is 3.09. The summed E-state index contributed by atoms with van der Waals surface area (Å²) in [4.78, 5) is 4.36. The molecule has 1 atom stereocenters. The van der Waals surface area contributed by atoms with Crippen molar-refractivity contribution in [2.24, 2.45) is 0 Å². The van der Waals surface area contributed by atoms with E-state index in [0.29, 0.717) is 12.0 Å². The molecule has 3 nitrogen and oxygen atoms in total. The molecular weight excluding hydrogens is 198 g/mol. The minimum atomic E-state index is 0.492. The van der Waals surface area contributed by atoms with Gasteiger partial charge in [-0.3, -0.25) is 4.98 Å². The summed E-state index contributed by atoms with van der Waals surface area (Å²) in [6, 6.07) is 4.83. The van der Waals surface area contributed by atoms with Crippen LogP contribution in [0.1, 0.15) is 38.3 Å². The van der Waals surface area contributed by atoms with Gasteiger partial charge in [0.25, 0.3) is 0 Å². The Labute approximate surface area is 97.7 Å². The predicted octanol–water partition coefficient (Wildman–Crippen LogP) is 2.37. The van der Waals surface area contributed by atoms with Crippen LogP contribution in [0.3, 0.4) is 0 Å². The van der Waals surface area contributed by atoms with Gasteiger partial charge in [0.15, 0.2) is 0 Å². The first-order valence-electron chi connectivity index (χ1n) is 6.19. The average molecular weight is 219 g/mol. The van der Waals surface area contributed by atoms with Crippen molar-refractivity contribution >= 4 is 5.69 Å². The molecule has 0 radical (unpaired) electrons. The number of hydrogen-bond donors (Lipinski definition) is 2. The fourth-order valence-corrected chi connectivity index (χ4v) is 2.05. The van der Waals surface area contributed by atoms with Gasteiger partial charge in [0.05, 0.1) is 0 Å². The standard InChI is InChI=1S/C13H21N3/c1-10(2)13-8-11(5-7-15-13)16-9-12-4-3-6-14-12/h5,7-8,10,12,14H,3-4,6,9H2,1-2H3,(H,15,16). The van der Waals surface area contributed by atoms with Crippen LogP contribution in [0.2, 0.25) is 0 Å². The predicted molar refractivity (Wildman–Crippen MR) is 67.8 cm³/mol. The van der Waals surface area contributed by atoms with E-state index >= 15 is 0 Å². The lowest BCUT2D eigenvalue weighted by Crippen LogP contribution is -2.29. The van der Waals surface area contributed by atoms with Crippen LogP contribution in [0.4, 0.5) is 5.69 Å². The van der Waals surface area contributed by atoms with Crippen LogP contribution in [-0.4, -0.2) is 24.1 Å². The zero-order valence-corrected chi connectivity index (χ0v) is 10.2. The molecule has 1 fully saturated rings. The SMILES string of the molecule is CC(C)c1cc(NCC2CCCN2)ccn1. The van der Waals surface area contributed by atoms with Crippen molar-refractivity contribution in [3.05, 3.63) is 24.0 Å². The van der Waals surface area contributed by atoms with E-state index in [1.807, 2.05) is 12.3 Å². The molecule has 2 heterocycles. The highest BCUT2D eigenvalue weighted by atomic mass is 15.0. The Kier molecular flexibility index (Phi) is 3.78. The number of nitrogens with one attached hydrogen (secondary N) is 2. The van der Waals surface area contributed by atoms with Gasteiger partial charge in [-0.15, -0.1) is 0 Å². The Balaban J connectivity index is 1.90. The Bertz CT molecular complexity index is 330. The highest BCUT2D eigenvalue weighted by molar-refractivity contribution is 5.43. The van der Waals surface area contributed by atoms with Crippen molar-refractivity contribution in [2.75, 3.05) is 18.4 Å². The van der Waals surface area contributed by atoms with Gasteiger partial charge in [0, 0.05) is 30.2 Å². The topological polar surface area (TPSA) is 37.0 Å². The molecule has 1 aromatic rings. The van der Waals surface area contributed by atoms with Crippen LogP contribution in [0.15, 0.2) is 18.3 Å². The fraction of sp³-hybridized carbons (Fsp3) is 0.615. The molecule has 1 unspecified atom stereocenters. The average Bonchev–Trinajstić information content (AvgIpc) is 2.79. The second kappa shape index (κ2) is 5.30. The zero-order valence-electron chi connectivity index (χ0n) is 10.2. The van der Waals surface area contributed by atoms with Crippen molar-refractivity contribution < 1.29 is 0 Å². The molecule has 2 rings (SSSR count). The molecule has 0 saturated carbocycles. The molecule has 1 aromatic heterocycles. The van der Waals surface area contributed by atoms with Crippen LogP contribution >= 0.6 is 0 Å². The Morgan fingerprint density at radius 3 is 3.12 bits per heavy atom. The number of pyridine rings is 1. The molecule has 1 aliphatic heterocycles. The van der Waals surface area contributed by atoms with Crippen LogP contribution in [-0.2, 0) is 0 Å². The van der Waals surface area contributed by atoms with Crippen molar-refractivity contribution in [1.82, 2.24) is 10.3 Å². The van der Waals surface area contributed by atoms with Gasteiger partial charge in [-0.25, -0.2) is 0 Å². The third kappa shape index (κ3) is 2.95. The Hall–Kier alpha value is -1.09. The van der Waals surface area contributed by atoms with Crippen molar-refractivity contribution in [2.45, 2.75) is 38.6 Å². The van der Waals surface area contributed by atoms with E-state index in [1.54, 1.807) is 0 Å². The fourth-order valence-electron chi connectivity index (χ4n) is 2.05. The van der Waals surface area contributed by atoms with E-state index in [1.165, 1.54) is 25.1 Å². The lowest BCUT2D eigenvalue weighted by molar-refractivity contribution is 0.633. The van der Waals surface area contributed by atoms with E-state index in [0.717, 1.165) is 12.2 Å². The summed E-state index contributed by atoms with van der Waals surface area (Å²) in [7, 11) is 0. The number of nitrogens with zero attached hydrogens (tertiary/aromatic N) is 1. The van der Waals surface area contributed by atoms with Gasteiger partial charge in [-0.1, -0.05) is 13.8 Å². The van der Waals surface area contributed by atoms with Gasteiger partial charge in [0.2, 0.25) is 0 Å². The Morgan fingerprint density at radius 2 is 2.44 bits per heavy atom. The molecule has 0 spiro atoms. The van der Waals surface area contributed by atoms with Gasteiger partial charge >= 0.3 is 0 Å². The van der Waals surface area contributed by atoms with E-state index < -0.39 is 0 Å². The first kappa shape index (κ1) is 11.4. The molecule has 3 heteroatoms. The van der Waals surface area contributed by atoms with E-state index in [9.17, 15) is 0 Å². The highest BCUT2D eigenvalue weighted by Crippen LogP contribution is 2.16. The zero-order chi connectivity index (χ0) is 11.4. The summed E-state index contributed by atoms with van der Waals surface area (Å²) >= 11 is 0. The summed E-state index contributed by atoms with van der Waals surface area (Å²) in [5, 5.41) is 6.97. The van der Waals surface area contributed by atoms with Crippen LogP contribution < -0.4 is 10.6 Å². The second-order valence-electron chi connectivity index (χ2n) is 4.80.